The monoisotopic (exact) mass is 410 g/mol. The van der Waals surface area contributed by atoms with Gasteiger partial charge < -0.3 is 10.1 Å². The van der Waals surface area contributed by atoms with Crippen LogP contribution in [0.25, 0.3) is 0 Å². The molecule has 136 valence electrons. The molecule has 2 aromatic heterocycles. The van der Waals surface area contributed by atoms with Crippen LogP contribution in [0.1, 0.15) is 15.4 Å². The average Bonchev–Trinajstić information content (AvgIpc) is 3.24. The second kappa shape index (κ2) is 7.40. The third-order valence-corrected chi connectivity index (χ3v) is 6.46. The molecule has 0 radical (unpaired) electrons. The standard InChI is InChI=1S/C15H14N4O4S3/c1-9-12(13(20)23-2)25-15(17-9)18-10-3-5-11(6-4-10)26(21,22)19-14-16-7-8-24-14/h3-8H,1-2H3,(H,16,19)(H,17,18). The third kappa shape index (κ3) is 4.00. The lowest BCUT2D eigenvalue weighted by Crippen LogP contribution is -2.12. The number of sulfonamides is 1. The number of benzene rings is 1. The average molecular weight is 411 g/mol. The van der Waals surface area contributed by atoms with Gasteiger partial charge in [-0.05, 0) is 31.2 Å². The van der Waals surface area contributed by atoms with Gasteiger partial charge in [-0.2, -0.15) is 0 Å². The molecule has 0 bridgehead atoms. The molecular formula is C15H14N4O4S3. The second-order valence-corrected chi connectivity index (χ2v) is 8.59. The van der Waals surface area contributed by atoms with Crippen molar-refractivity contribution >= 4 is 54.6 Å². The Morgan fingerprint density at radius 2 is 1.92 bits per heavy atom. The molecule has 3 aromatic rings. The van der Waals surface area contributed by atoms with Crippen molar-refractivity contribution in [2.24, 2.45) is 0 Å². The summed E-state index contributed by atoms with van der Waals surface area (Å²) in [6, 6.07) is 6.18. The highest BCUT2D eigenvalue weighted by Crippen LogP contribution is 2.27. The number of carbonyl (C=O) groups excluding carboxylic acids is 1. The summed E-state index contributed by atoms with van der Waals surface area (Å²) >= 11 is 2.36. The highest BCUT2D eigenvalue weighted by Gasteiger charge is 2.17. The minimum atomic E-state index is -3.69. The van der Waals surface area contributed by atoms with Crippen molar-refractivity contribution in [1.82, 2.24) is 9.97 Å². The van der Waals surface area contributed by atoms with Gasteiger partial charge in [0.2, 0.25) is 0 Å². The van der Waals surface area contributed by atoms with Crippen LogP contribution in [-0.2, 0) is 14.8 Å². The number of methoxy groups -OCH3 is 1. The molecule has 3 rings (SSSR count). The minimum absolute atomic E-state index is 0.115. The predicted octanol–water partition coefficient (Wildman–Crippen LogP) is 3.24. The van der Waals surface area contributed by atoms with Gasteiger partial charge in [-0.3, -0.25) is 4.72 Å². The van der Waals surface area contributed by atoms with Crippen LogP contribution >= 0.6 is 22.7 Å². The maximum Gasteiger partial charge on any atom is 0.350 e. The van der Waals surface area contributed by atoms with E-state index in [9.17, 15) is 13.2 Å². The van der Waals surface area contributed by atoms with Crippen molar-refractivity contribution < 1.29 is 17.9 Å². The van der Waals surface area contributed by atoms with Gasteiger partial charge in [0.1, 0.15) is 4.88 Å². The van der Waals surface area contributed by atoms with E-state index in [1.54, 1.807) is 24.4 Å². The number of aromatic nitrogens is 2. The molecule has 26 heavy (non-hydrogen) atoms. The Hall–Kier alpha value is -2.50. The number of hydrogen-bond donors (Lipinski definition) is 2. The first-order chi connectivity index (χ1) is 12.4. The molecular weight excluding hydrogens is 396 g/mol. The number of nitrogens with zero attached hydrogens (tertiary/aromatic N) is 2. The molecule has 0 fully saturated rings. The summed E-state index contributed by atoms with van der Waals surface area (Å²) in [5, 5.41) is 5.55. The van der Waals surface area contributed by atoms with E-state index in [1.165, 1.54) is 48.1 Å². The Labute approximate surface area is 157 Å². The molecule has 1 aromatic carbocycles. The van der Waals surface area contributed by atoms with E-state index in [0.717, 1.165) is 0 Å². The van der Waals surface area contributed by atoms with E-state index in [4.69, 9.17) is 4.74 Å². The summed E-state index contributed by atoms with van der Waals surface area (Å²) < 4.78 is 31.7. The Morgan fingerprint density at radius 3 is 2.54 bits per heavy atom. The maximum absolute atomic E-state index is 12.3. The van der Waals surface area contributed by atoms with Crippen LogP contribution in [0.2, 0.25) is 0 Å². The minimum Gasteiger partial charge on any atom is -0.465 e. The molecule has 0 amide bonds. The number of rotatable bonds is 6. The van der Waals surface area contributed by atoms with Crippen molar-refractivity contribution in [3.05, 3.63) is 46.4 Å². The number of nitrogens with one attached hydrogen (secondary N) is 2. The molecule has 2 heterocycles. The molecule has 0 unspecified atom stereocenters. The van der Waals surface area contributed by atoms with Crippen molar-refractivity contribution in [3.8, 4) is 0 Å². The number of ether oxygens (including phenoxy) is 1. The smallest absolute Gasteiger partial charge is 0.350 e. The number of esters is 1. The zero-order valence-corrected chi connectivity index (χ0v) is 16.2. The van der Waals surface area contributed by atoms with Crippen LogP contribution in [0.4, 0.5) is 16.0 Å². The molecule has 0 atom stereocenters. The summed E-state index contributed by atoms with van der Waals surface area (Å²) in [5.74, 6) is -0.442. The van der Waals surface area contributed by atoms with Crippen LogP contribution in [0.3, 0.4) is 0 Å². The van der Waals surface area contributed by atoms with Crippen LogP contribution in [-0.4, -0.2) is 31.5 Å². The maximum atomic E-state index is 12.3. The fourth-order valence-electron chi connectivity index (χ4n) is 2.02. The van der Waals surface area contributed by atoms with E-state index < -0.39 is 16.0 Å². The van der Waals surface area contributed by atoms with Gasteiger partial charge in [0.15, 0.2) is 10.3 Å². The van der Waals surface area contributed by atoms with Crippen LogP contribution < -0.4 is 10.0 Å². The van der Waals surface area contributed by atoms with Crippen molar-refractivity contribution in [2.75, 3.05) is 17.1 Å². The van der Waals surface area contributed by atoms with Gasteiger partial charge >= 0.3 is 5.97 Å². The lowest BCUT2D eigenvalue weighted by Gasteiger charge is -2.07. The second-order valence-electron chi connectivity index (χ2n) is 5.02. The molecule has 2 N–H and O–H groups in total. The van der Waals surface area contributed by atoms with Crippen LogP contribution in [0.15, 0.2) is 40.7 Å². The summed E-state index contributed by atoms with van der Waals surface area (Å²) in [5.41, 5.74) is 1.21. The fraction of sp³-hybridized carbons (Fsp3) is 0.133. The molecule has 8 nitrogen and oxygen atoms in total. The Bertz CT molecular complexity index is 1010. The van der Waals surface area contributed by atoms with Crippen molar-refractivity contribution in [1.29, 1.82) is 0 Å². The molecule has 0 spiro atoms. The molecule has 0 saturated carbocycles. The van der Waals surface area contributed by atoms with E-state index in [2.05, 4.69) is 20.0 Å². The summed E-state index contributed by atoms with van der Waals surface area (Å²) in [6.45, 7) is 1.72. The van der Waals surface area contributed by atoms with Gasteiger partial charge in [0, 0.05) is 17.3 Å². The van der Waals surface area contributed by atoms with Gasteiger partial charge in [0.25, 0.3) is 10.0 Å². The predicted molar refractivity (Wildman–Crippen MR) is 101 cm³/mol. The molecule has 11 heteroatoms. The molecule has 0 aliphatic heterocycles. The van der Waals surface area contributed by atoms with E-state index in [1.807, 2.05) is 0 Å². The normalized spacial score (nSPS) is 11.2. The van der Waals surface area contributed by atoms with Crippen molar-refractivity contribution in [3.63, 3.8) is 0 Å². The lowest BCUT2D eigenvalue weighted by molar-refractivity contribution is 0.0605. The van der Waals surface area contributed by atoms with Crippen LogP contribution in [0, 0.1) is 6.92 Å². The zero-order chi connectivity index (χ0) is 18.7. The summed E-state index contributed by atoms with van der Waals surface area (Å²) in [4.78, 5) is 20.3. The first-order valence-electron chi connectivity index (χ1n) is 7.24. The lowest BCUT2D eigenvalue weighted by atomic mass is 10.3. The highest BCUT2D eigenvalue weighted by molar-refractivity contribution is 7.93. The number of thiazole rings is 2. The zero-order valence-electron chi connectivity index (χ0n) is 13.7. The molecule has 0 aliphatic rings. The van der Waals surface area contributed by atoms with E-state index in [0.29, 0.717) is 26.5 Å². The Kier molecular flexibility index (Phi) is 5.20. The topological polar surface area (TPSA) is 110 Å². The fourth-order valence-corrected chi connectivity index (χ4v) is 4.71. The van der Waals surface area contributed by atoms with E-state index >= 15 is 0 Å². The van der Waals surface area contributed by atoms with Gasteiger partial charge in [-0.25, -0.2) is 23.2 Å². The van der Waals surface area contributed by atoms with Crippen molar-refractivity contribution in [2.45, 2.75) is 11.8 Å². The first-order valence-corrected chi connectivity index (χ1v) is 10.4. The summed E-state index contributed by atoms with van der Waals surface area (Å²) in [6.07, 6.45) is 1.52. The summed E-state index contributed by atoms with van der Waals surface area (Å²) in [7, 11) is -2.38. The quantitative estimate of drug-likeness (QED) is 0.600. The Morgan fingerprint density at radius 1 is 1.19 bits per heavy atom. The third-order valence-electron chi connectivity index (χ3n) is 3.24. The van der Waals surface area contributed by atoms with Gasteiger partial charge in [-0.15, -0.1) is 11.3 Å². The Balaban J connectivity index is 1.75. The van der Waals surface area contributed by atoms with E-state index in [-0.39, 0.29) is 4.90 Å². The number of anilines is 3. The largest absolute Gasteiger partial charge is 0.465 e. The molecule has 0 saturated heterocycles. The highest BCUT2D eigenvalue weighted by atomic mass is 32.2. The SMILES string of the molecule is COC(=O)c1sc(Nc2ccc(S(=O)(=O)Nc3nccs3)cc2)nc1C. The number of hydrogen-bond acceptors (Lipinski definition) is 9. The van der Waals surface area contributed by atoms with Gasteiger partial charge in [-0.1, -0.05) is 11.3 Å². The number of aryl methyl sites for hydroxylation is 1. The first kappa shape index (κ1) is 18.3. The molecule has 0 aliphatic carbocycles. The van der Waals surface area contributed by atoms with Gasteiger partial charge in [0.05, 0.1) is 17.7 Å². The van der Waals surface area contributed by atoms with Crippen LogP contribution in [0.5, 0.6) is 0 Å². The number of carbonyl (C=O) groups is 1.